The number of hydrogen-bond acceptors (Lipinski definition) is 4. The van der Waals surface area contributed by atoms with E-state index in [1.165, 1.54) is 6.42 Å². The van der Waals surface area contributed by atoms with E-state index in [1.807, 2.05) is 36.4 Å². The highest BCUT2D eigenvalue weighted by Gasteiger charge is 2.14. The smallest absolute Gasteiger partial charge is 0.246 e. The monoisotopic (exact) mass is 314 g/mol. The molecule has 0 bridgehead atoms. The lowest BCUT2D eigenvalue weighted by molar-refractivity contribution is -0.128. The molecule has 0 saturated carbocycles. The highest BCUT2D eigenvalue weighted by Crippen LogP contribution is 2.13. The van der Waals surface area contributed by atoms with Crippen molar-refractivity contribution in [3.63, 3.8) is 0 Å². The first-order valence-electron chi connectivity index (χ1n) is 8.12. The Morgan fingerprint density at radius 3 is 3.04 bits per heavy atom. The lowest BCUT2D eigenvalue weighted by Gasteiger charge is -2.22. The Labute approximate surface area is 136 Å². The van der Waals surface area contributed by atoms with Crippen molar-refractivity contribution in [1.29, 1.82) is 0 Å². The van der Waals surface area contributed by atoms with Gasteiger partial charge in [-0.2, -0.15) is 0 Å². The molecule has 1 saturated heterocycles. The number of pyridine rings is 1. The number of nitrogens with one attached hydrogen (secondary N) is 1. The molecule has 1 N–H and O–H groups in total. The van der Waals surface area contributed by atoms with Crippen molar-refractivity contribution < 1.29 is 14.3 Å². The highest BCUT2D eigenvalue weighted by molar-refractivity contribution is 5.79. The summed E-state index contributed by atoms with van der Waals surface area (Å²) < 4.78 is 11.0. The molecule has 1 atom stereocenters. The average Bonchev–Trinajstić information content (AvgIpc) is 2.61. The van der Waals surface area contributed by atoms with E-state index < -0.39 is 0 Å². The van der Waals surface area contributed by atoms with E-state index in [-0.39, 0.29) is 18.6 Å². The Bertz CT molecular complexity index is 654. The molecule has 5 heteroatoms. The van der Waals surface area contributed by atoms with E-state index in [0.29, 0.717) is 13.2 Å². The minimum atomic E-state index is -0.129. The van der Waals surface area contributed by atoms with Gasteiger partial charge >= 0.3 is 0 Å². The number of rotatable bonds is 6. The van der Waals surface area contributed by atoms with Gasteiger partial charge in [-0.3, -0.25) is 9.78 Å². The largest absolute Gasteiger partial charge is 0.376 e. The summed E-state index contributed by atoms with van der Waals surface area (Å²) in [6.07, 6.45) is 3.45. The molecule has 0 spiro atoms. The maximum absolute atomic E-state index is 11.8. The van der Waals surface area contributed by atoms with Gasteiger partial charge in [0, 0.05) is 12.0 Å². The number of fused-ring (bicyclic) bond motifs is 1. The van der Waals surface area contributed by atoms with Crippen molar-refractivity contribution in [3.8, 4) is 0 Å². The summed E-state index contributed by atoms with van der Waals surface area (Å²) in [7, 11) is 0. The molecule has 0 unspecified atom stereocenters. The van der Waals surface area contributed by atoms with Crippen LogP contribution in [0.5, 0.6) is 0 Å². The molecule has 1 fully saturated rings. The zero-order chi connectivity index (χ0) is 15.9. The maximum atomic E-state index is 11.8. The van der Waals surface area contributed by atoms with Gasteiger partial charge in [-0.05, 0) is 31.4 Å². The van der Waals surface area contributed by atoms with Crippen molar-refractivity contribution in [2.45, 2.75) is 31.9 Å². The van der Waals surface area contributed by atoms with Crippen molar-refractivity contribution in [1.82, 2.24) is 10.3 Å². The summed E-state index contributed by atoms with van der Waals surface area (Å²) >= 11 is 0. The Balaban J connectivity index is 1.40. The van der Waals surface area contributed by atoms with Gasteiger partial charge in [0.2, 0.25) is 5.91 Å². The summed E-state index contributed by atoms with van der Waals surface area (Å²) in [4.78, 5) is 16.3. The lowest BCUT2D eigenvalue weighted by Crippen LogP contribution is -2.30. The van der Waals surface area contributed by atoms with Gasteiger partial charge in [-0.1, -0.05) is 24.3 Å². The van der Waals surface area contributed by atoms with E-state index >= 15 is 0 Å². The Morgan fingerprint density at radius 1 is 1.26 bits per heavy atom. The quantitative estimate of drug-likeness (QED) is 0.889. The van der Waals surface area contributed by atoms with Gasteiger partial charge < -0.3 is 14.8 Å². The molecule has 1 aliphatic heterocycles. The van der Waals surface area contributed by atoms with Gasteiger partial charge in [-0.25, -0.2) is 0 Å². The summed E-state index contributed by atoms with van der Waals surface area (Å²) in [5.74, 6) is -0.129. The van der Waals surface area contributed by atoms with Crippen molar-refractivity contribution in [2.24, 2.45) is 0 Å². The molecule has 23 heavy (non-hydrogen) atoms. The van der Waals surface area contributed by atoms with Gasteiger partial charge in [0.15, 0.2) is 0 Å². The predicted molar refractivity (Wildman–Crippen MR) is 88.0 cm³/mol. The number of nitrogens with zero attached hydrogens (tertiary/aromatic N) is 1. The number of hydrogen-bond donors (Lipinski definition) is 1. The summed E-state index contributed by atoms with van der Waals surface area (Å²) in [5, 5.41) is 3.93. The third-order valence-corrected chi connectivity index (χ3v) is 3.93. The molecule has 0 aliphatic carbocycles. The number of aromatic nitrogens is 1. The van der Waals surface area contributed by atoms with Crippen LogP contribution in [-0.4, -0.2) is 36.8 Å². The van der Waals surface area contributed by atoms with Gasteiger partial charge in [0.25, 0.3) is 0 Å². The topological polar surface area (TPSA) is 60.5 Å². The van der Waals surface area contributed by atoms with Crippen LogP contribution in [0.3, 0.4) is 0 Å². The number of benzene rings is 1. The summed E-state index contributed by atoms with van der Waals surface area (Å²) in [6, 6.07) is 11.9. The second-order valence-corrected chi connectivity index (χ2v) is 5.78. The maximum Gasteiger partial charge on any atom is 0.246 e. The molecule has 2 heterocycles. The zero-order valence-electron chi connectivity index (χ0n) is 13.2. The fourth-order valence-corrected chi connectivity index (χ4v) is 2.67. The van der Waals surface area contributed by atoms with Crippen LogP contribution in [0.1, 0.15) is 25.0 Å². The van der Waals surface area contributed by atoms with Crippen LogP contribution in [0, 0.1) is 0 Å². The Hall–Kier alpha value is -1.98. The van der Waals surface area contributed by atoms with Crippen molar-refractivity contribution in [2.75, 3.05) is 19.8 Å². The van der Waals surface area contributed by atoms with E-state index in [0.717, 1.165) is 36.0 Å². The fourth-order valence-electron chi connectivity index (χ4n) is 2.67. The van der Waals surface area contributed by atoms with Gasteiger partial charge in [0.05, 0.1) is 30.5 Å². The number of amides is 1. The van der Waals surface area contributed by atoms with Gasteiger partial charge in [-0.15, -0.1) is 0 Å². The molecular weight excluding hydrogens is 292 g/mol. The van der Waals surface area contributed by atoms with Crippen molar-refractivity contribution in [3.05, 3.63) is 42.1 Å². The van der Waals surface area contributed by atoms with E-state index in [4.69, 9.17) is 9.47 Å². The van der Waals surface area contributed by atoms with Gasteiger partial charge in [0.1, 0.15) is 6.61 Å². The first kappa shape index (κ1) is 15.9. The van der Waals surface area contributed by atoms with Crippen LogP contribution in [-0.2, 0) is 20.8 Å². The fraction of sp³-hybridized carbons (Fsp3) is 0.444. The molecule has 2 aromatic rings. The first-order chi connectivity index (χ1) is 11.3. The van der Waals surface area contributed by atoms with Crippen LogP contribution in [0.25, 0.3) is 10.9 Å². The van der Waals surface area contributed by atoms with Crippen LogP contribution in [0.4, 0.5) is 0 Å². The van der Waals surface area contributed by atoms with E-state index in [2.05, 4.69) is 10.3 Å². The molecule has 5 nitrogen and oxygen atoms in total. The van der Waals surface area contributed by atoms with Crippen LogP contribution in [0.15, 0.2) is 36.4 Å². The molecule has 3 rings (SSSR count). The highest BCUT2D eigenvalue weighted by atomic mass is 16.5. The number of para-hydroxylation sites is 1. The minimum absolute atomic E-state index is 0.0629. The number of ether oxygens (including phenoxy) is 2. The van der Waals surface area contributed by atoms with Crippen LogP contribution >= 0.6 is 0 Å². The number of carbonyl (C=O) groups is 1. The Kier molecular flexibility index (Phi) is 5.56. The molecule has 122 valence electrons. The SMILES string of the molecule is O=C(COC[C@@H]1CCCCO1)NCc1ccc2ccccc2n1. The third-order valence-electron chi connectivity index (χ3n) is 3.93. The molecular formula is C18H22N2O3. The standard InChI is InChI=1S/C18H22N2O3/c21-18(13-22-12-16-6-3-4-10-23-16)19-11-15-9-8-14-5-1-2-7-17(14)20-15/h1-2,5,7-9,16H,3-4,6,10-13H2,(H,19,21)/t16-/m0/s1. The molecule has 1 aromatic heterocycles. The minimum Gasteiger partial charge on any atom is -0.376 e. The third kappa shape index (κ3) is 4.74. The summed E-state index contributed by atoms with van der Waals surface area (Å²) in [6.45, 7) is 1.76. The van der Waals surface area contributed by atoms with E-state index in [1.54, 1.807) is 0 Å². The second kappa shape index (κ2) is 8.04. The van der Waals surface area contributed by atoms with Crippen molar-refractivity contribution >= 4 is 16.8 Å². The zero-order valence-corrected chi connectivity index (χ0v) is 13.2. The molecule has 1 amide bonds. The molecule has 1 aromatic carbocycles. The summed E-state index contributed by atoms with van der Waals surface area (Å²) in [5.41, 5.74) is 1.78. The molecule has 1 aliphatic rings. The van der Waals surface area contributed by atoms with Crippen LogP contribution in [0.2, 0.25) is 0 Å². The molecule has 0 radical (unpaired) electrons. The predicted octanol–water partition coefficient (Wildman–Crippen LogP) is 2.44. The van der Waals surface area contributed by atoms with E-state index in [9.17, 15) is 4.79 Å². The average molecular weight is 314 g/mol. The Morgan fingerprint density at radius 2 is 2.17 bits per heavy atom. The van der Waals surface area contributed by atoms with Crippen LogP contribution < -0.4 is 5.32 Å². The first-order valence-corrected chi connectivity index (χ1v) is 8.12. The second-order valence-electron chi connectivity index (χ2n) is 5.78. The normalized spacial score (nSPS) is 18.0. The lowest BCUT2D eigenvalue weighted by atomic mass is 10.1. The number of carbonyl (C=O) groups excluding carboxylic acids is 1.